The van der Waals surface area contributed by atoms with Gasteiger partial charge < -0.3 is 5.11 Å². The fraction of sp³-hybridized carbons (Fsp3) is 0.600. The van der Waals surface area contributed by atoms with Gasteiger partial charge in [0.15, 0.2) is 0 Å². The standard InChI is InChI=1S/C10H16O/c1-9(2)8-10(11)6-4-3-5-7-10/h4,6,11H,1,3,5,7-8H2,2H3. The fourth-order valence-corrected chi connectivity index (χ4v) is 1.58. The van der Waals surface area contributed by atoms with Gasteiger partial charge in [0, 0.05) is 6.42 Å². The molecule has 1 aliphatic rings. The first-order valence-corrected chi connectivity index (χ1v) is 4.17. The molecular formula is C10H16O. The molecule has 1 aliphatic carbocycles. The molecule has 0 bridgehead atoms. The molecule has 0 spiro atoms. The van der Waals surface area contributed by atoms with E-state index in [0.29, 0.717) is 6.42 Å². The molecular weight excluding hydrogens is 136 g/mol. The van der Waals surface area contributed by atoms with Gasteiger partial charge in [-0.15, -0.1) is 6.58 Å². The second-order valence-corrected chi connectivity index (χ2v) is 3.53. The molecule has 0 aromatic rings. The van der Waals surface area contributed by atoms with Gasteiger partial charge in [-0.05, 0) is 26.2 Å². The van der Waals surface area contributed by atoms with Crippen molar-refractivity contribution in [3.8, 4) is 0 Å². The smallest absolute Gasteiger partial charge is 0.0864 e. The number of allylic oxidation sites excluding steroid dienone is 1. The van der Waals surface area contributed by atoms with Crippen molar-refractivity contribution in [1.29, 1.82) is 0 Å². The van der Waals surface area contributed by atoms with Gasteiger partial charge in [-0.1, -0.05) is 17.7 Å². The van der Waals surface area contributed by atoms with Crippen LogP contribution in [0.2, 0.25) is 0 Å². The van der Waals surface area contributed by atoms with Crippen molar-refractivity contribution in [2.75, 3.05) is 0 Å². The average molecular weight is 152 g/mol. The Kier molecular flexibility index (Phi) is 2.50. The van der Waals surface area contributed by atoms with E-state index in [9.17, 15) is 5.11 Å². The number of rotatable bonds is 2. The van der Waals surface area contributed by atoms with Crippen LogP contribution in [0.3, 0.4) is 0 Å². The van der Waals surface area contributed by atoms with Gasteiger partial charge in [-0.2, -0.15) is 0 Å². The quantitative estimate of drug-likeness (QED) is 0.602. The minimum absolute atomic E-state index is 0.579. The predicted octanol–water partition coefficient (Wildman–Crippen LogP) is 2.42. The second kappa shape index (κ2) is 3.22. The summed E-state index contributed by atoms with van der Waals surface area (Å²) >= 11 is 0. The summed E-state index contributed by atoms with van der Waals surface area (Å²) in [7, 11) is 0. The molecule has 11 heavy (non-hydrogen) atoms. The topological polar surface area (TPSA) is 20.2 Å². The molecule has 0 fully saturated rings. The SMILES string of the molecule is C=C(C)CC1(O)C=CCCC1. The van der Waals surface area contributed by atoms with Crippen molar-refractivity contribution in [3.05, 3.63) is 24.3 Å². The lowest BCUT2D eigenvalue weighted by Gasteiger charge is -2.27. The van der Waals surface area contributed by atoms with Crippen LogP contribution in [0.25, 0.3) is 0 Å². The van der Waals surface area contributed by atoms with Crippen LogP contribution in [-0.2, 0) is 0 Å². The van der Waals surface area contributed by atoms with Gasteiger partial charge in [0.2, 0.25) is 0 Å². The Morgan fingerprint density at radius 2 is 2.45 bits per heavy atom. The van der Waals surface area contributed by atoms with Crippen LogP contribution in [0.1, 0.15) is 32.6 Å². The minimum atomic E-state index is -0.579. The molecule has 1 rings (SSSR count). The molecule has 0 saturated carbocycles. The third-order valence-corrected chi connectivity index (χ3v) is 2.02. The molecule has 1 nitrogen and oxygen atoms in total. The van der Waals surface area contributed by atoms with E-state index in [0.717, 1.165) is 24.8 Å². The Morgan fingerprint density at radius 3 is 2.91 bits per heavy atom. The number of hydrogen-bond donors (Lipinski definition) is 1. The number of hydrogen-bond acceptors (Lipinski definition) is 1. The Bertz CT molecular complexity index is 181. The minimum Gasteiger partial charge on any atom is -0.385 e. The molecule has 0 aromatic heterocycles. The Balaban J connectivity index is 2.57. The van der Waals surface area contributed by atoms with Crippen LogP contribution in [0.5, 0.6) is 0 Å². The molecule has 0 saturated heterocycles. The Labute approximate surface area is 68.4 Å². The zero-order valence-corrected chi connectivity index (χ0v) is 7.14. The highest BCUT2D eigenvalue weighted by Gasteiger charge is 2.24. The van der Waals surface area contributed by atoms with Gasteiger partial charge in [0.05, 0.1) is 5.60 Å². The Hall–Kier alpha value is -0.560. The summed E-state index contributed by atoms with van der Waals surface area (Å²) in [6.07, 6.45) is 7.79. The lowest BCUT2D eigenvalue weighted by Crippen LogP contribution is -2.27. The maximum atomic E-state index is 9.89. The summed E-state index contributed by atoms with van der Waals surface area (Å²) in [6.45, 7) is 5.76. The third-order valence-electron chi connectivity index (χ3n) is 2.02. The molecule has 62 valence electrons. The molecule has 1 atom stereocenters. The van der Waals surface area contributed by atoms with Gasteiger partial charge in [-0.3, -0.25) is 0 Å². The van der Waals surface area contributed by atoms with Crippen LogP contribution < -0.4 is 0 Å². The van der Waals surface area contributed by atoms with Crippen LogP contribution in [0.15, 0.2) is 24.3 Å². The van der Waals surface area contributed by atoms with E-state index in [1.54, 1.807) is 0 Å². The van der Waals surface area contributed by atoms with E-state index in [4.69, 9.17) is 0 Å². The first-order valence-electron chi connectivity index (χ1n) is 4.17. The van der Waals surface area contributed by atoms with Crippen molar-refractivity contribution in [2.45, 2.75) is 38.2 Å². The molecule has 1 heteroatoms. The van der Waals surface area contributed by atoms with Crippen LogP contribution in [-0.4, -0.2) is 10.7 Å². The van der Waals surface area contributed by atoms with Crippen molar-refractivity contribution < 1.29 is 5.11 Å². The Morgan fingerprint density at radius 1 is 1.73 bits per heavy atom. The summed E-state index contributed by atoms with van der Waals surface area (Å²) < 4.78 is 0. The lowest BCUT2D eigenvalue weighted by molar-refractivity contribution is 0.0752. The largest absolute Gasteiger partial charge is 0.385 e. The average Bonchev–Trinajstić information content (AvgIpc) is 1.85. The molecule has 0 amide bonds. The molecule has 0 aromatic carbocycles. The molecule has 0 aliphatic heterocycles. The van der Waals surface area contributed by atoms with Crippen molar-refractivity contribution in [3.63, 3.8) is 0 Å². The zero-order valence-electron chi connectivity index (χ0n) is 7.14. The van der Waals surface area contributed by atoms with E-state index in [1.807, 2.05) is 13.0 Å². The lowest BCUT2D eigenvalue weighted by atomic mass is 9.86. The predicted molar refractivity (Wildman–Crippen MR) is 47.4 cm³/mol. The maximum absolute atomic E-state index is 9.89. The normalized spacial score (nSPS) is 30.4. The van der Waals surface area contributed by atoms with Gasteiger partial charge in [0.25, 0.3) is 0 Å². The van der Waals surface area contributed by atoms with E-state index in [2.05, 4.69) is 12.7 Å². The van der Waals surface area contributed by atoms with Crippen molar-refractivity contribution >= 4 is 0 Å². The number of aliphatic hydroxyl groups is 1. The summed E-state index contributed by atoms with van der Waals surface area (Å²) in [5.74, 6) is 0. The molecule has 1 unspecified atom stereocenters. The van der Waals surface area contributed by atoms with Gasteiger partial charge in [0.1, 0.15) is 0 Å². The van der Waals surface area contributed by atoms with E-state index in [-0.39, 0.29) is 0 Å². The highest BCUT2D eigenvalue weighted by atomic mass is 16.3. The third kappa shape index (κ3) is 2.51. The van der Waals surface area contributed by atoms with E-state index in [1.165, 1.54) is 0 Å². The highest BCUT2D eigenvalue weighted by Crippen LogP contribution is 2.27. The van der Waals surface area contributed by atoms with Crippen LogP contribution in [0, 0.1) is 0 Å². The molecule has 1 N–H and O–H groups in total. The van der Waals surface area contributed by atoms with Crippen LogP contribution in [0.4, 0.5) is 0 Å². The van der Waals surface area contributed by atoms with E-state index >= 15 is 0 Å². The fourth-order valence-electron chi connectivity index (χ4n) is 1.58. The summed E-state index contributed by atoms with van der Waals surface area (Å²) in [6, 6.07) is 0. The zero-order chi connectivity index (χ0) is 8.32. The maximum Gasteiger partial charge on any atom is 0.0864 e. The first-order chi connectivity index (χ1) is 5.12. The van der Waals surface area contributed by atoms with Crippen LogP contribution >= 0.6 is 0 Å². The first kappa shape index (κ1) is 8.54. The monoisotopic (exact) mass is 152 g/mol. The molecule has 0 radical (unpaired) electrons. The van der Waals surface area contributed by atoms with E-state index < -0.39 is 5.60 Å². The summed E-state index contributed by atoms with van der Waals surface area (Å²) in [5, 5.41) is 9.89. The van der Waals surface area contributed by atoms with Gasteiger partial charge in [-0.25, -0.2) is 0 Å². The summed E-state index contributed by atoms with van der Waals surface area (Å²) in [4.78, 5) is 0. The second-order valence-electron chi connectivity index (χ2n) is 3.53. The highest BCUT2D eigenvalue weighted by molar-refractivity contribution is 5.10. The molecule has 0 heterocycles. The summed E-state index contributed by atoms with van der Waals surface area (Å²) in [5.41, 5.74) is 0.475. The van der Waals surface area contributed by atoms with Gasteiger partial charge >= 0.3 is 0 Å². The van der Waals surface area contributed by atoms with Crippen molar-refractivity contribution in [1.82, 2.24) is 0 Å². The van der Waals surface area contributed by atoms with Crippen molar-refractivity contribution in [2.24, 2.45) is 0 Å².